The van der Waals surface area contributed by atoms with Gasteiger partial charge in [0.05, 0.1) is 18.1 Å². The quantitative estimate of drug-likeness (QED) is 0.774. The molecule has 4 nitrogen and oxygen atoms in total. The van der Waals surface area contributed by atoms with Crippen molar-refractivity contribution in [1.29, 1.82) is 0 Å². The fourth-order valence-electron chi connectivity index (χ4n) is 3.72. The summed E-state index contributed by atoms with van der Waals surface area (Å²) < 4.78 is 7.66. The lowest BCUT2D eigenvalue weighted by molar-refractivity contribution is 0.364. The molecule has 0 spiro atoms. The van der Waals surface area contributed by atoms with E-state index in [1.54, 1.807) is 7.11 Å². The van der Waals surface area contributed by atoms with Crippen molar-refractivity contribution in [2.24, 2.45) is 5.92 Å². The second-order valence-electron chi connectivity index (χ2n) is 6.85. The van der Waals surface area contributed by atoms with Gasteiger partial charge in [-0.2, -0.15) is 0 Å². The maximum atomic E-state index is 5.27. The smallest absolute Gasteiger partial charge is 0.118 e. The Kier molecular flexibility index (Phi) is 4.70. The molecule has 3 aromatic rings. The third-order valence-corrected chi connectivity index (χ3v) is 5.16. The van der Waals surface area contributed by atoms with E-state index in [9.17, 15) is 0 Å². The number of fused-ring (bicyclic) bond motifs is 1. The molecule has 4 heteroatoms. The zero-order valence-corrected chi connectivity index (χ0v) is 14.7. The molecule has 1 saturated heterocycles. The Balaban J connectivity index is 1.65. The summed E-state index contributed by atoms with van der Waals surface area (Å²) in [6, 6.07) is 16.8. The molecule has 0 saturated carbocycles. The minimum atomic E-state index is 0.729. The van der Waals surface area contributed by atoms with Gasteiger partial charge in [0.15, 0.2) is 0 Å². The molecule has 2 heterocycles. The summed E-state index contributed by atoms with van der Waals surface area (Å²) in [4.78, 5) is 4.95. The van der Waals surface area contributed by atoms with E-state index in [4.69, 9.17) is 9.72 Å². The largest absolute Gasteiger partial charge is 0.497 e. The van der Waals surface area contributed by atoms with Crippen LogP contribution >= 0.6 is 0 Å². The molecule has 0 unspecified atom stereocenters. The van der Waals surface area contributed by atoms with Crippen molar-refractivity contribution in [3.05, 3.63) is 59.9 Å². The summed E-state index contributed by atoms with van der Waals surface area (Å²) in [7, 11) is 1.70. The normalized spacial score (nSPS) is 15.6. The maximum Gasteiger partial charge on any atom is 0.118 e. The Morgan fingerprint density at radius 3 is 2.60 bits per heavy atom. The van der Waals surface area contributed by atoms with Crippen LogP contribution in [0.25, 0.3) is 11.0 Å². The molecule has 1 fully saturated rings. The number of nitrogens with one attached hydrogen (secondary N) is 1. The van der Waals surface area contributed by atoms with Crippen LogP contribution in [0.5, 0.6) is 5.75 Å². The Hall–Kier alpha value is -2.33. The second kappa shape index (κ2) is 7.28. The zero-order valence-electron chi connectivity index (χ0n) is 14.7. The lowest BCUT2D eigenvalue weighted by Gasteiger charge is -2.22. The number of rotatable bonds is 5. The number of methoxy groups -OCH3 is 1. The van der Waals surface area contributed by atoms with Crippen LogP contribution in [-0.2, 0) is 13.0 Å². The van der Waals surface area contributed by atoms with Gasteiger partial charge in [0.2, 0.25) is 0 Å². The van der Waals surface area contributed by atoms with E-state index in [-0.39, 0.29) is 0 Å². The van der Waals surface area contributed by atoms with Crippen LogP contribution in [0, 0.1) is 5.92 Å². The van der Waals surface area contributed by atoms with Gasteiger partial charge in [-0.3, -0.25) is 0 Å². The van der Waals surface area contributed by atoms with Gasteiger partial charge in [-0.1, -0.05) is 24.3 Å². The van der Waals surface area contributed by atoms with E-state index in [0.717, 1.165) is 43.2 Å². The Morgan fingerprint density at radius 1 is 1.08 bits per heavy atom. The van der Waals surface area contributed by atoms with Crippen molar-refractivity contribution < 1.29 is 4.74 Å². The molecule has 0 radical (unpaired) electrons. The first kappa shape index (κ1) is 16.2. The van der Waals surface area contributed by atoms with Gasteiger partial charge in [-0.25, -0.2) is 4.98 Å². The van der Waals surface area contributed by atoms with Crippen LogP contribution in [0.3, 0.4) is 0 Å². The van der Waals surface area contributed by atoms with Crippen molar-refractivity contribution in [1.82, 2.24) is 14.9 Å². The standard InChI is InChI=1S/C21H25N3O/c1-25-18-8-6-17(7-9-18)15-24-20-5-3-2-4-19(20)23-21(24)14-16-10-12-22-13-11-16/h2-9,16,22H,10-15H2,1H3. The average molecular weight is 335 g/mol. The van der Waals surface area contributed by atoms with Gasteiger partial charge in [0.25, 0.3) is 0 Å². The number of aromatic nitrogens is 2. The number of piperidine rings is 1. The van der Waals surface area contributed by atoms with Gasteiger partial charge in [0.1, 0.15) is 11.6 Å². The predicted molar refractivity (Wildman–Crippen MR) is 101 cm³/mol. The number of nitrogens with zero attached hydrogens (tertiary/aromatic N) is 2. The summed E-state index contributed by atoms with van der Waals surface area (Å²) in [5.41, 5.74) is 3.60. The van der Waals surface area contributed by atoms with E-state index in [1.807, 2.05) is 12.1 Å². The molecule has 1 N–H and O–H groups in total. The van der Waals surface area contributed by atoms with Crippen LogP contribution in [-0.4, -0.2) is 29.8 Å². The van der Waals surface area contributed by atoms with Crippen molar-refractivity contribution in [3.63, 3.8) is 0 Å². The molecule has 1 aromatic heterocycles. The first-order valence-electron chi connectivity index (χ1n) is 9.11. The molecule has 25 heavy (non-hydrogen) atoms. The third kappa shape index (κ3) is 3.54. The highest BCUT2D eigenvalue weighted by molar-refractivity contribution is 5.76. The number of ether oxygens (including phenoxy) is 1. The van der Waals surface area contributed by atoms with E-state index in [0.29, 0.717) is 0 Å². The summed E-state index contributed by atoms with van der Waals surface area (Å²) in [5.74, 6) is 2.84. The predicted octanol–water partition coefficient (Wildman–Crippen LogP) is 3.64. The number of benzene rings is 2. The fourth-order valence-corrected chi connectivity index (χ4v) is 3.72. The lowest BCUT2D eigenvalue weighted by Crippen LogP contribution is -2.29. The highest BCUT2D eigenvalue weighted by Crippen LogP contribution is 2.23. The molecule has 0 amide bonds. The number of para-hydroxylation sites is 2. The first-order chi connectivity index (χ1) is 12.3. The summed E-state index contributed by atoms with van der Waals surface area (Å²) in [5, 5.41) is 3.45. The van der Waals surface area contributed by atoms with Gasteiger partial charge < -0.3 is 14.6 Å². The van der Waals surface area contributed by atoms with E-state index < -0.39 is 0 Å². The topological polar surface area (TPSA) is 39.1 Å². The van der Waals surface area contributed by atoms with Gasteiger partial charge in [-0.05, 0) is 61.7 Å². The van der Waals surface area contributed by atoms with E-state index >= 15 is 0 Å². The van der Waals surface area contributed by atoms with E-state index in [2.05, 4.69) is 46.3 Å². The molecule has 4 rings (SSSR count). The summed E-state index contributed by atoms with van der Waals surface area (Å²) >= 11 is 0. The fraction of sp³-hybridized carbons (Fsp3) is 0.381. The molecule has 0 bridgehead atoms. The van der Waals surface area contributed by atoms with Crippen molar-refractivity contribution in [2.45, 2.75) is 25.8 Å². The highest BCUT2D eigenvalue weighted by Gasteiger charge is 2.18. The molecular formula is C21H25N3O. The molecule has 0 aliphatic carbocycles. The molecule has 2 aromatic carbocycles. The first-order valence-corrected chi connectivity index (χ1v) is 9.11. The molecule has 1 aliphatic rings. The van der Waals surface area contributed by atoms with Crippen LogP contribution in [0.1, 0.15) is 24.2 Å². The van der Waals surface area contributed by atoms with Gasteiger partial charge >= 0.3 is 0 Å². The second-order valence-corrected chi connectivity index (χ2v) is 6.85. The number of hydrogen-bond donors (Lipinski definition) is 1. The van der Waals surface area contributed by atoms with Crippen LogP contribution < -0.4 is 10.1 Å². The third-order valence-electron chi connectivity index (χ3n) is 5.16. The monoisotopic (exact) mass is 335 g/mol. The minimum Gasteiger partial charge on any atom is -0.497 e. The Labute approximate surface area is 148 Å². The average Bonchev–Trinajstić information content (AvgIpc) is 3.00. The number of imidazole rings is 1. The highest BCUT2D eigenvalue weighted by atomic mass is 16.5. The maximum absolute atomic E-state index is 5.27. The molecular weight excluding hydrogens is 310 g/mol. The minimum absolute atomic E-state index is 0.729. The molecule has 0 atom stereocenters. The van der Waals surface area contributed by atoms with Crippen LogP contribution in [0.15, 0.2) is 48.5 Å². The van der Waals surface area contributed by atoms with Crippen molar-refractivity contribution in [3.8, 4) is 5.75 Å². The summed E-state index contributed by atoms with van der Waals surface area (Å²) in [6.07, 6.45) is 3.55. The van der Waals surface area contributed by atoms with Crippen molar-refractivity contribution in [2.75, 3.05) is 20.2 Å². The van der Waals surface area contributed by atoms with Gasteiger partial charge in [-0.15, -0.1) is 0 Å². The molecule has 130 valence electrons. The van der Waals surface area contributed by atoms with Crippen LogP contribution in [0.2, 0.25) is 0 Å². The SMILES string of the molecule is COc1ccc(Cn2c(CC3CCNCC3)nc3ccccc32)cc1. The van der Waals surface area contributed by atoms with Crippen LogP contribution in [0.4, 0.5) is 0 Å². The van der Waals surface area contributed by atoms with E-state index in [1.165, 1.54) is 29.7 Å². The Morgan fingerprint density at radius 2 is 1.84 bits per heavy atom. The Bertz CT molecular complexity index is 832. The van der Waals surface area contributed by atoms with Crippen molar-refractivity contribution >= 4 is 11.0 Å². The lowest BCUT2D eigenvalue weighted by atomic mass is 9.94. The van der Waals surface area contributed by atoms with Gasteiger partial charge in [0, 0.05) is 13.0 Å². The number of hydrogen-bond acceptors (Lipinski definition) is 3. The summed E-state index contributed by atoms with van der Waals surface area (Å²) in [6.45, 7) is 3.11. The zero-order chi connectivity index (χ0) is 17.1. The molecule has 1 aliphatic heterocycles.